The molecular formula is C22H17Cl2N3O4. The van der Waals surface area contributed by atoms with Crippen molar-refractivity contribution in [2.75, 3.05) is 12.3 Å². The zero-order chi connectivity index (χ0) is 22.0. The van der Waals surface area contributed by atoms with E-state index < -0.39 is 24.5 Å². The number of ether oxygens (including phenoxy) is 1. The summed E-state index contributed by atoms with van der Waals surface area (Å²) in [4.78, 5) is 25.2. The van der Waals surface area contributed by atoms with E-state index in [-0.39, 0.29) is 11.3 Å². The summed E-state index contributed by atoms with van der Waals surface area (Å²) in [5.41, 5.74) is 7.64. The SMILES string of the molecule is Nc1cc(Cl)ccc1C(=O)OCC(=O)N1N=C(c2ccc(Cl)cc2)C[C@@H]1c1ccco1. The first-order valence-corrected chi connectivity index (χ1v) is 10.1. The highest BCUT2D eigenvalue weighted by molar-refractivity contribution is 6.31. The minimum atomic E-state index is -0.724. The van der Waals surface area contributed by atoms with E-state index in [9.17, 15) is 9.59 Å². The molecule has 0 spiro atoms. The molecule has 1 aromatic heterocycles. The first kappa shape index (κ1) is 21.0. The molecule has 3 aromatic rings. The number of carbonyl (C=O) groups is 2. The van der Waals surface area contributed by atoms with Gasteiger partial charge in [0.1, 0.15) is 11.8 Å². The van der Waals surface area contributed by atoms with Crippen LogP contribution in [0.1, 0.15) is 34.1 Å². The number of anilines is 1. The molecule has 2 heterocycles. The number of hydrogen-bond acceptors (Lipinski definition) is 6. The monoisotopic (exact) mass is 457 g/mol. The quantitative estimate of drug-likeness (QED) is 0.442. The Morgan fingerprint density at radius 1 is 1.13 bits per heavy atom. The second kappa shape index (κ2) is 8.83. The van der Waals surface area contributed by atoms with Gasteiger partial charge in [0.15, 0.2) is 6.61 Å². The number of nitrogen functional groups attached to an aromatic ring is 1. The van der Waals surface area contributed by atoms with Gasteiger partial charge >= 0.3 is 5.97 Å². The topological polar surface area (TPSA) is 98.1 Å². The molecule has 0 unspecified atom stereocenters. The molecular weight excluding hydrogens is 441 g/mol. The Bertz CT molecular complexity index is 1140. The number of rotatable bonds is 5. The lowest BCUT2D eigenvalue weighted by Crippen LogP contribution is -2.31. The zero-order valence-corrected chi connectivity index (χ0v) is 17.6. The van der Waals surface area contributed by atoms with E-state index in [1.54, 1.807) is 24.3 Å². The van der Waals surface area contributed by atoms with Crippen LogP contribution >= 0.6 is 23.2 Å². The van der Waals surface area contributed by atoms with Crippen molar-refractivity contribution in [1.29, 1.82) is 0 Å². The number of esters is 1. The Morgan fingerprint density at radius 3 is 2.55 bits per heavy atom. The van der Waals surface area contributed by atoms with Gasteiger partial charge in [-0.05, 0) is 48.0 Å². The van der Waals surface area contributed by atoms with E-state index in [1.807, 2.05) is 12.1 Å². The first-order valence-electron chi connectivity index (χ1n) is 9.33. The fourth-order valence-corrected chi connectivity index (χ4v) is 3.56. The van der Waals surface area contributed by atoms with Crippen molar-refractivity contribution in [3.8, 4) is 0 Å². The van der Waals surface area contributed by atoms with Gasteiger partial charge in [-0.25, -0.2) is 9.80 Å². The molecule has 2 aromatic carbocycles. The molecule has 1 aliphatic heterocycles. The lowest BCUT2D eigenvalue weighted by Gasteiger charge is -2.19. The van der Waals surface area contributed by atoms with Crippen LogP contribution in [0.25, 0.3) is 0 Å². The van der Waals surface area contributed by atoms with Crippen molar-refractivity contribution in [2.45, 2.75) is 12.5 Å². The van der Waals surface area contributed by atoms with Crippen LogP contribution < -0.4 is 5.73 Å². The molecule has 7 nitrogen and oxygen atoms in total. The number of nitrogens with two attached hydrogens (primary N) is 1. The fraction of sp³-hybridized carbons (Fsp3) is 0.136. The van der Waals surface area contributed by atoms with E-state index in [0.29, 0.717) is 27.9 Å². The summed E-state index contributed by atoms with van der Waals surface area (Å²) in [5.74, 6) is -0.640. The molecule has 0 saturated carbocycles. The highest BCUT2D eigenvalue weighted by atomic mass is 35.5. The summed E-state index contributed by atoms with van der Waals surface area (Å²) in [6, 6.07) is 14.6. The number of benzene rings is 2. The molecule has 31 heavy (non-hydrogen) atoms. The van der Waals surface area contributed by atoms with Crippen LogP contribution in [0.2, 0.25) is 10.0 Å². The van der Waals surface area contributed by atoms with Crippen molar-refractivity contribution in [2.24, 2.45) is 5.10 Å². The average Bonchev–Trinajstić information content (AvgIpc) is 3.42. The van der Waals surface area contributed by atoms with Crippen molar-refractivity contribution < 1.29 is 18.7 Å². The third kappa shape index (κ3) is 4.57. The average molecular weight is 458 g/mol. The lowest BCUT2D eigenvalue weighted by molar-refractivity contribution is -0.136. The van der Waals surface area contributed by atoms with Gasteiger partial charge in [0.2, 0.25) is 0 Å². The zero-order valence-electron chi connectivity index (χ0n) is 16.1. The summed E-state index contributed by atoms with van der Waals surface area (Å²) in [6.07, 6.45) is 1.97. The Balaban J connectivity index is 1.52. The highest BCUT2D eigenvalue weighted by Gasteiger charge is 2.35. The fourth-order valence-electron chi connectivity index (χ4n) is 3.25. The van der Waals surface area contributed by atoms with Crippen molar-refractivity contribution in [3.63, 3.8) is 0 Å². The van der Waals surface area contributed by atoms with Crippen molar-refractivity contribution in [1.82, 2.24) is 5.01 Å². The molecule has 0 saturated heterocycles. The standard InChI is InChI=1S/C22H17Cl2N3O4/c23-14-5-3-13(4-6-14)18-11-19(20-2-1-9-30-20)27(26-18)21(28)12-31-22(29)16-8-7-15(24)10-17(16)25/h1-10,19H,11-12,25H2/t19-/m1/s1. The Kier molecular flexibility index (Phi) is 5.97. The Labute approximate surface area is 188 Å². The van der Waals surface area contributed by atoms with Crippen LogP contribution in [-0.2, 0) is 9.53 Å². The number of furan rings is 1. The minimum absolute atomic E-state index is 0.131. The molecule has 0 fully saturated rings. The molecule has 2 N–H and O–H groups in total. The smallest absolute Gasteiger partial charge is 0.340 e. The molecule has 9 heteroatoms. The second-order valence-electron chi connectivity index (χ2n) is 6.83. The van der Waals surface area contributed by atoms with Crippen molar-refractivity contribution in [3.05, 3.63) is 87.8 Å². The summed E-state index contributed by atoms with van der Waals surface area (Å²) in [6.45, 7) is -0.504. The van der Waals surface area contributed by atoms with Gasteiger partial charge in [-0.2, -0.15) is 5.10 Å². The molecule has 0 aliphatic carbocycles. The van der Waals surface area contributed by atoms with Gasteiger partial charge in [-0.1, -0.05) is 35.3 Å². The minimum Gasteiger partial charge on any atom is -0.467 e. The molecule has 158 valence electrons. The second-order valence-corrected chi connectivity index (χ2v) is 7.71. The maximum Gasteiger partial charge on any atom is 0.340 e. The van der Waals surface area contributed by atoms with Crippen LogP contribution in [0.15, 0.2) is 70.4 Å². The van der Waals surface area contributed by atoms with Gasteiger partial charge in [0, 0.05) is 22.2 Å². The van der Waals surface area contributed by atoms with Crippen molar-refractivity contribution >= 4 is 46.5 Å². The number of carbonyl (C=O) groups excluding carboxylic acids is 2. The van der Waals surface area contributed by atoms with E-state index >= 15 is 0 Å². The predicted molar refractivity (Wildman–Crippen MR) is 117 cm³/mol. The van der Waals surface area contributed by atoms with Gasteiger partial charge in [0.25, 0.3) is 5.91 Å². The van der Waals surface area contributed by atoms with E-state index in [1.165, 1.54) is 29.5 Å². The summed E-state index contributed by atoms with van der Waals surface area (Å²) >= 11 is 11.8. The Hall–Kier alpha value is -3.29. The summed E-state index contributed by atoms with van der Waals surface area (Å²) < 4.78 is 10.7. The number of halogens is 2. The number of hydrazone groups is 1. The number of nitrogens with zero attached hydrogens (tertiary/aromatic N) is 2. The number of amides is 1. The number of hydrogen-bond donors (Lipinski definition) is 1. The van der Waals surface area contributed by atoms with E-state index in [2.05, 4.69) is 5.10 Å². The van der Waals surface area contributed by atoms with Gasteiger partial charge in [0.05, 0.1) is 17.5 Å². The van der Waals surface area contributed by atoms with E-state index in [0.717, 1.165) is 5.56 Å². The highest BCUT2D eigenvalue weighted by Crippen LogP contribution is 2.33. The predicted octanol–water partition coefficient (Wildman–Crippen LogP) is 4.70. The van der Waals surface area contributed by atoms with Gasteiger partial charge in [-0.15, -0.1) is 0 Å². The third-order valence-corrected chi connectivity index (χ3v) is 5.26. The first-order chi connectivity index (χ1) is 14.9. The molecule has 4 rings (SSSR count). The van der Waals surface area contributed by atoms with Crippen LogP contribution in [0, 0.1) is 0 Å². The third-order valence-electron chi connectivity index (χ3n) is 4.78. The van der Waals surface area contributed by atoms with E-state index in [4.69, 9.17) is 38.1 Å². The van der Waals surface area contributed by atoms with Crippen LogP contribution in [0.3, 0.4) is 0 Å². The lowest BCUT2D eigenvalue weighted by atomic mass is 10.0. The maximum absolute atomic E-state index is 12.9. The maximum atomic E-state index is 12.9. The summed E-state index contributed by atoms with van der Waals surface area (Å²) in [5, 5.41) is 6.75. The largest absolute Gasteiger partial charge is 0.467 e. The van der Waals surface area contributed by atoms with Crippen LogP contribution in [0.4, 0.5) is 5.69 Å². The normalized spacial score (nSPS) is 15.6. The van der Waals surface area contributed by atoms with Gasteiger partial charge in [-0.3, -0.25) is 4.79 Å². The Morgan fingerprint density at radius 2 is 1.87 bits per heavy atom. The van der Waals surface area contributed by atoms with Crippen LogP contribution in [0.5, 0.6) is 0 Å². The van der Waals surface area contributed by atoms with Crippen LogP contribution in [-0.4, -0.2) is 29.2 Å². The van der Waals surface area contributed by atoms with Gasteiger partial charge < -0.3 is 14.9 Å². The summed E-state index contributed by atoms with van der Waals surface area (Å²) in [7, 11) is 0. The molecule has 1 amide bonds. The molecule has 1 aliphatic rings. The molecule has 0 radical (unpaired) electrons. The molecule has 1 atom stereocenters. The molecule has 0 bridgehead atoms.